The lowest BCUT2D eigenvalue weighted by atomic mass is 10.0. The third-order valence-corrected chi connectivity index (χ3v) is 2.85. The summed E-state index contributed by atoms with van der Waals surface area (Å²) in [5.74, 6) is 0. The van der Waals surface area contributed by atoms with E-state index in [2.05, 4.69) is 10.3 Å². The maximum Gasteiger partial charge on any atom is 0.257 e. The lowest BCUT2D eigenvalue weighted by Crippen LogP contribution is -2.27. The number of fused-ring (bicyclic) bond motifs is 1. The number of hydrogen-bond acceptors (Lipinski definition) is 2. The van der Waals surface area contributed by atoms with Crippen molar-refractivity contribution in [2.24, 2.45) is 0 Å². The van der Waals surface area contributed by atoms with Gasteiger partial charge < -0.3 is 5.32 Å². The minimum atomic E-state index is -2.41. The molecule has 0 aliphatic carbocycles. The molecule has 0 spiro atoms. The fourth-order valence-corrected chi connectivity index (χ4v) is 1.94. The van der Waals surface area contributed by atoms with Crippen LogP contribution in [0.1, 0.15) is 24.9 Å². The number of hydrogen-bond donors (Lipinski definition) is 1. The first-order valence-corrected chi connectivity index (χ1v) is 6.08. The fourth-order valence-electron chi connectivity index (χ4n) is 1.94. The van der Waals surface area contributed by atoms with Gasteiger partial charge in [-0.3, -0.25) is 4.98 Å². The van der Waals surface area contributed by atoms with Crippen LogP contribution in [0.2, 0.25) is 0 Å². The first kappa shape index (κ1) is 12.9. The molecule has 0 aliphatic heterocycles. The molecular formula is C14H16F2N2. The number of pyridine rings is 1. The molecule has 1 aromatic heterocycles. The smallest absolute Gasteiger partial charge is 0.257 e. The van der Waals surface area contributed by atoms with E-state index in [0.717, 1.165) is 17.3 Å². The van der Waals surface area contributed by atoms with E-state index in [9.17, 15) is 8.78 Å². The molecule has 1 atom stereocenters. The van der Waals surface area contributed by atoms with E-state index in [0.29, 0.717) is 12.1 Å². The highest BCUT2D eigenvalue weighted by Gasteiger charge is 2.21. The molecule has 0 radical (unpaired) electrons. The predicted molar refractivity (Wildman–Crippen MR) is 68.8 cm³/mol. The summed E-state index contributed by atoms with van der Waals surface area (Å²) in [5.41, 5.74) is 1.43. The van der Waals surface area contributed by atoms with Gasteiger partial charge in [-0.25, -0.2) is 8.78 Å². The average Bonchev–Trinajstić information content (AvgIpc) is 2.38. The zero-order valence-electron chi connectivity index (χ0n) is 10.2. The van der Waals surface area contributed by atoms with Crippen LogP contribution in [0, 0.1) is 0 Å². The van der Waals surface area contributed by atoms with Gasteiger partial charge in [-0.2, -0.15) is 0 Å². The van der Waals surface area contributed by atoms with E-state index in [1.165, 1.54) is 0 Å². The van der Waals surface area contributed by atoms with Crippen molar-refractivity contribution in [2.75, 3.05) is 6.54 Å². The Bertz CT molecular complexity index is 514. The van der Waals surface area contributed by atoms with E-state index >= 15 is 0 Å². The maximum atomic E-state index is 13.0. The first-order chi connectivity index (χ1) is 8.72. The predicted octanol–water partition coefficient (Wildman–Crippen LogP) is 3.54. The second kappa shape index (κ2) is 5.87. The molecule has 0 fully saturated rings. The van der Waals surface area contributed by atoms with Crippen LogP contribution in [0.5, 0.6) is 0 Å². The van der Waals surface area contributed by atoms with Gasteiger partial charge in [-0.05, 0) is 36.7 Å². The van der Waals surface area contributed by atoms with Crippen molar-refractivity contribution in [3.05, 3.63) is 42.1 Å². The summed E-state index contributed by atoms with van der Waals surface area (Å²) < 4.78 is 26.1. The van der Waals surface area contributed by atoms with Crippen LogP contribution in [0.4, 0.5) is 8.78 Å². The van der Waals surface area contributed by atoms with Crippen LogP contribution < -0.4 is 5.32 Å². The zero-order chi connectivity index (χ0) is 13.0. The number of rotatable bonds is 5. The van der Waals surface area contributed by atoms with Gasteiger partial charge in [0.05, 0.1) is 11.6 Å². The number of benzene rings is 1. The van der Waals surface area contributed by atoms with Crippen LogP contribution in [-0.4, -0.2) is 18.0 Å². The van der Waals surface area contributed by atoms with Crippen molar-refractivity contribution in [1.82, 2.24) is 10.3 Å². The summed E-state index contributed by atoms with van der Waals surface area (Å²) in [6.07, 6.45) is 0.117. The third-order valence-electron chi connectivity index (χ3n) is 2.85. The molecule has 1 heterocycles. The van der Waals surface area contributed by atoms with E-state index in [-0.39, 0.29) is 0 Å². The van der Waals surface area contributed by atoms with E-state index in [1.54, 1.807) is 24.4 Å². The molecule has 0 aliphatic rings. The molecule has 0 bridgehead atoms. The van der Waals surface area contributed by atoms with E-state index < -0.39 is 12.5 Å². The molecule has 1 unspecified atom stereocenters. The second-order valence-electron chi connectivity index (χ2n) is 4.22. The van der Waals surface area contributed by atoms with Gasteiger partial charge in [0, 0.05) is 11.6 Å². The maximum absolute atomic E-state index is 13.0. The van der Waals surface area contributed by atoms with Crippen LogP contribution in [0.15, 0.2) is 36.5 Å². The van der Waals surface area contributed by atoms with Gasteiger partial charge in [0.25, 0.3) is 6.43 Å². The molecule has 4 heteroatoms. The Labute approximate surface area is 105 Å². The van der Waals surface area contributed by atoms with Gasteiger partial charge in [0.15, 0.2) is 0 Å². The minimum Gasteiger partial charge on any atom is -0.305 e. The van der Waals surface area contributed by atoms with Crippen molar-refractivity contribution in [1.29, 1.82) is 0 Å². The van der Waals surface area contributed by atoms with Gasteiger partial charge in [-0.15, -0.1) is 0 Å². The van der Waals surface area contributed by atoms with Crippen LogP contribution in [0.25, 0.3) is 10.9 Å². The number of nitrogens with one attached hydrogen (secondary N) is 1. The number of halogens is 2. The monoisotopic (exact) mass is 250 g/mol. The lowest BCUT2D eigenvalue weighted by Gasteiger charge is -2.18. The summed E-state index contributed by atoms with van der Waals surface area (Å²) in [6.45, 7) is 2.54. The molecule has 1 N–H and O–H groups in total. The van der Waals surface area contributed by atoms with Gasteiger partial charge >= 0.3 is 0 Å². The zero-order valence-corrected chi connectivity index (χ0v) is 10.2. The van der Waals surface area contributed by atoms with E-state index in [1.807, 2.05) is 19.1 Å². The largest absolute Gasteiger partial charge is 0.305 e. The molecule has 0 amide bonds. The molecule has 2 nitrogen and oxygen atoms in total. The molecule has 2 aromatic rings. The summed E-state index contributed by atoms with van der Waals surface area (Å²) >= 11 is 0. The highest BCUT2D eigenvalue weighted by Crippen LogP contribution is 2.23. The summed E-state index contributed by atoms with van der Waals surface area (Å²) in [7, 11) is 0. The van der Waals surface area contributed by atoms with Crippen molar-refractivity contribution >= 4 is 10.9 Å². The molecule has 96 valence electrons. The van der Waals surface area contributed by atoms with Crippen LogP contribution in [-0.2, 0) is 0 Å². The van der Waals surface area contributed by atoms with Crippen LogP contribution in [0.3, 0.4) is 0 Å². The van der Waals surface area contributed by atoms with Gasteiger partial charge in [-0.1, -0.05) is 19.1 Å². The van der Waals surface area contributed by atoms with E-state index in [4.69, 9.17) is 0 Å². The highest BCUT2D eigenvalue weighted by atomic mass is 19.3. The molecule has 2 rings (SSSR count). The van der Waals surface area contributed by atoms with Crippen molar-refractivity contribution in [3.8, 4) is 0 Å². The Balaban J connectivity index is 2.32. The minimum absolute atomic E-state index is 0.583. The van der Waals surface area contributed by atoms with Gasteiger partial charge in [0.2, 0.25) is 0 Å². The average molecular weight is 250 g/mol. The van der Waals surface area contributed by atoms with Crippen molar-refractivity contribution < 1.29 is 8.78 Å². The Morgan fingerprint density at radius 2 is 2.11 bits per heavy atom. The number of nitrogens with zero attached hydrogens (tertiary/aromatic N) is 1. The molecule has 0 saturated carbocycles. The highest BCUT2D eigenvalue weighted by molar-refractivity contribution is 5.79. The lowest BCUT2D eigenvalue weighted by molar-refractivity contribution is 0.0985. The molecule has 18 heavy (non-hydrogen) atoms. The second-order valence-corrected chi connectivity index (χ2v) is 4.22. The fraction of sp³-hybridized carbons (Fsp3) is 0.357. The SMILES string of the molecule is CCCNC(c1ccc2ncccc2c1)C(F)F. The standard InChI is InChI=1S/C14H16F2N2/c1-2-7-18-13(14(15)16)11-5-6-12-10(9-11)4-3-8-17-12/h3-6,8-9,13-14,18H,2,7H2,1H3. The third kappa shape index (κ3) is 2.82. The Morgan fingerprint density at radius 3 is 2.83 bits per heavy atom. The molecule has 1 aromatic carbocycles. The summed E-state index contributed by atoms with van der Waals surface area (Å²) in [5, 5.41) is 3.77. The number of aromatic nitrogens is 1. The van der Waals surface area contributed by atoms with Crippen molar-refractivity contribution in [3.63, 3.8) is 0 Å². The Hall–Kier alpha value is -1.55. The first-order valence-electron chi connectivity index (χ1n) is 6.08. The Morgan fingerprint density at radius 1 is 1.28 bits per heavy atom. The summed E-state index contributed by atoms with van der Waals surface area (Å²) in [6, 6.07) is 8.07. The quantitative estimate of drug-likeness (QED) is 0.878. The Kier molecular flexibility index (Phi) is 4.20. The van der Waals surface area contributed by atoms with Crippen LogP contribution >= 0.6 is 0 Å². The summed E-state index contributed by atoms with van der Waals surface area (Å²) in [4.78, 5) is 4.18. The topological polar surface area (TPSA) is 24.9 Å². The van der Waals surface area contributed by atoms with Gasteiger partial charge in [0.1, 0.15) is 0 Å². The molecular weight excluding hydrogens is 234 g/mol. The molecule has 0 saturated heterocycles. The number of alkyl halides is 2. The van der Waals surface area contributed by atoms with Crippen molar-refractivity contribution in [2.45, 2.75) is 25.8 Å². The normalized spacial score (nSPS) is 13.1.